The zero-order valence-corrected chi connectivity index (χ0v) is 16.3. The first-order valence-electron chi connectivity index (χ1n) is 9.83. The standard InChI is InChI=1S/C22H23N5O2/c1-2-27-18-12-7-6-11-17(18)24-19(27)15-23-20(28)13-8-14-21-25-26-22(29-21)16-9-4-3-5-10-16/h3-7,9-12H,2,8,13-15H2,1H3,(H,23,28). The number of hydrogen-bond donors (Lipinski definition) is 1. The Morgan fingerprint density at radius 2 is 1.86 bits per heavy atom. The molecule has 1 amide bonds. The molecule has 29 heavy (non-hydrogen) atoms. The lowest BCUT2D eigenvalue weighted by Gasteiger charge is -2.07. The number of aryl methyl sites for hydroxylation is 2. The van der Waals surface area contributed by atoms with Gasteiger partial charge >= 0.3 is 0 Å². The second-order valence-corrected chi connectivity index (χ2v) is 6.76. The van der Waals surface area contributed by atoms with Crippen LogP contribution in [0.3, 0.4) is 0 Å². The normalized spacial score (nSPS) is 11.1. The van der Waals surface area contributed by atoms with E-state index in [1.54, 1.807) is 0 Å². The zero-order chi connectivity index (χ0) is 20.1. The van der Waals surface area contributed by atoms with E-state index in [-0.39, 0.29) is 5.91 Å². The third-order valence-corrected chi connectivity index (χ3v) is 4.78. The van der Waals surface area contributed by atoms with Crippen molar-refractivity contribution >= 4 is 16.9 Å². The van der Waals surface area contributed by atoms with Gasteiger partial charge < -0.3 is 14.3 Å². The van der Waals surface area contributed by atoms with E-state index in [2.05, 4.69) is 32.0 Å². The summed E-state index contributed by atoms with van der Waals surface area (Å²) < 4.78 is 7.80. The van der Waals surface area contributed by atoms with E-state index < -0.39 is 0 Å². The van der Waals surface area contributed by atoms with Crippen LogP contribution in [0.1, 0.15) is 31.5 Å². The quantitative estimate of drug-likeness (QED) is 0.496. The van der Waals surface area contributed by atoms with Crippen LogP contribution in [-0.2, 0) is 24.3 Å². The Labute approximate surface area is 168 Å². The summed E-state index contributed by atoms with van der Waals surface area (Å²) in [4.78, 5) is 16.9. The third-order valence-electron chi connectivity index (χ3n) is 4.78. The third kappa shape index (κ3) is 4.34. The number of fused-ring (bicyclic) bond motifs is 1. The van der Waals surface area contributed by atoms with Crippen LogP contribution >= 0.6 is 0 Å². The largest absolute Gasteiger partial charge is 0.421 e. The minimum absolute atomic E-state index is 0.0116. The van der Waals surface area contributed by atoms with Crippen molar-refractivity contribution in [2.24, 2.45) is 0 Å². The maximum atomic E-state index is 12.2. The topological polar surface area (TPSA) is 85.8 Å². The molecule has 4 rings (SSSR count). The molecule has 0 radical (unpaired) electrons. The Morgan fingerprint density at radius 1 is 1.07 bits per heavy atom. The van der Waals surface area contributed by atoms with Crippen molar-refractivity contribution in [1.29, 1.82) is 0 Å². The van der Waals surface area contributed by atoms with Crippen LogP contribution in [0.25, 0.3) is 22.5 Å². The first-order valence-corrected chi connectivity index (χ1v) is 9.83. The average Bonchev–Trinajstić information content (AvgIpc) is 3.37. The fourth-order valence-corrected chi connectivity index (χ4v) is 3.33. The predicted octanol–water partition coefficient (Wildman–Crippen LogP) is 3.75. The maximum Gasteiger partial charge on any atom is 0.247 e. The first-order chi connectivity index (χ1) is 14.2. The van der Waals surface area contributed by atoms with Crippen LogP contribution in [0.5, 0.6) is 0 Å². The summed E-state index contributed by atoms with van der Waals surface area (Å²) in [5.74, 6) is 1.90. The van der Waals surface area contributed by atoms with Crippen LogP contribution in [0.15, 0.2) is 59.0 Å². The number of rotatable bonds is 8. The van der Waals surface area contributed by atoms with Gasteiger partial charge in [-0.2, -0.15) is 0 Å². The van der Waals surface area contributed by atoms with Gasteiger partial charge in [-0.3, -0.25) is 4.79 Å². The van der Waals surface area contributed by atoms with E-state index in [0.717, 1.165) is 29.0 Å². The molecule has 0 spiro atoms. The maximum absolute atomic E-state index is 12.2. The van der Waals surface area contributed by atoms with E-state index in [1.165, 1.54) is 0 Å². The SMILES string of the molecule is CCn1c(CNC(=O)CCCc2nnc(-c3ccccc3)o2)nc2ccccc21. The predicted molar refractivity (Wildman–Crippen MR) is 110 cm³/mol. The van der Waals surface area contributed by atoms with Crippen LogP contribution in [-0.4, -0.2) is 25.7 Å². The fraction of sp³-hybridized carbons (Fsp3) is 0.273. The number of hydrogen-bond acceptors (Lipinski definition) is 5. The van der Waals surface area contributed by atoms with Gasteiger partial charge in [0.25, 0.3) is 0 Å². The number of nitrogens with zero attached hydrogens (tertiary/aromatic N) is 4. The lowest BCUT2D eigenvalue weighted by atomic mass is 10.2. The summed E-state index contributed by atoms with van der Waals surface area (Å²) >= 11 is 0. The molecule has 0 aliphatic carbocycles. The molecule has 0 saturated carbocycles. The Bertz CT molecular complexity index is 1100. The molecule has 7 nitrogen and oxygen atoms in total. The summed E-state index contributed by atoms with van der Waals surface area (Å²) in [6, 6.07) is 17.6. The molecule has 0 unspecified atom stereocenters. The summed E-state index contributed by atoms with van der Waals surface area (Å²) in [6.07, 6.45) is 1.61. The molecule has 0 aliphatic heterocycles. The second kappa shape index (κ2) is 8.68. The molecular formula is C22H23N5O2. The van der Waals surface area contributed by atoms with Crippen molar-refractivity contribution in [2.45, 2.75) is 39.3 Å². The lowest BCUT2D eigenvalue weighted by molar-refractivity contribution is -0.121. The monoisotopic (exact) mass is 389 g/mol. The molecular weight excluding hydrogens is 366 g/mol. The number of amides is 1. The molecule has 0 aliphatic rings. The number of benzene rings is 2. The molecule has 0 atom stereocenters. The van der Waals surface area contributed by atoms with Crippen LogP contribution < -0.4 is 5.32 Å². The smallest absolute Gasteiger partial charge is 0.247 e. The summed E-state index contributed by atoms with van der Waals surface area (Å²) in [6.45, 7) is 3.31. The molecule has 7 heteroatoms. The van der Waals surface area contributed by atoms with Gasteiger partial charge in [-0.1, -0.05) is 30.3 Å². The van der Waals surface area contributed by atoms with E-state index in [4.69, 9.17) is 4.42 Å². The molecule has 2 aromatic carbocycles. The van der Waals surface area contributed by atoms with E-state index in [0.29, 0.717) is 37.6 Å². The highest BCUT2D eigenvalue weighted by atomic mass is 16.4. The molecule has 4 aromatic rings. The highest BCUT2D eigenvalue weighted by Crippen LogP contribution is 2.18. The number of nitrogens with one attached hydrogen (secondary N) is 1. The number of para-hydroxylation sites is 2. The molecule has 148 valence electrons. The van der Waals surface area contributed by atoms with Crippen molar-refractivity contribution in [3.63, 3.8) is 0 Å². The van der Waals surface area contributed by atoms with Crippen molar-refractivity contribution in [3.8, 4) is 11.5 Å². The van der Waals surface area contributed by atoms with Gasteiger partial charge in [0, 0.05) is 24.9 Å². The van der Waals surface area contributed by atoms with Crippen LogP contribution in [0, 0.1) is 0 Å². The Hall–Kier alpha value is -3.48. The van der Waals surface area contributed by atoms with Crippen molar-refractivity contribution in [3.05, 3.63) is 66.3 Å². The summed E-state index contributed by atoms with van der Waals surface area (Å²) in [5.41, 5.74) is 2.93. The van der Waals surface area contributed by atoms with E-state index in [1.807, 2.05) is 54.6 Å². The Balaban J connectivity index is 1.27. The van der Waals surface area contributed by atoms with Gasteiger partial charge in [0.2, 0.25) is 17.7 Å². The van der Waals surface area contributed by atoms with Gasteiger partial charge in [-0.05, 0) is 37.6 Å². The highest BCUT2D eigenvalue weighted by molar-refractivity contribution is 5.77. The van der Waals surface area contributed by atoms with Gasteiger partial charge in [0.05, 0.1) is 17.6 Å². The van der Waals surface area contributed by atoms with E-state index in [9.17, 15) is 4.79 Å². The molecule has 2 aromatic heterocycles. The minimum Gasteiger partial charge on any atom is -0.421 e. The van der Waals surface area contributed by atoms with Crippen molar-refractivity contribution < 1.29 is 9.21 Å². The number of carbonyl (C=O) groups excluding carboxylic acids is 1. The lowest BCUT2D eigenvalue weighted by Crippen LogP contribution is -2.24. The van der Waals surface area contributed by atoms with Crippen molar-refractivity contribution in [2.75, 3.05) is 0 Å². The zero-order valence-electron chi connectivity index (χ0n) is 16.3. The van der Waals surface area contributed by atoms with Crippen LogP contribution in [0.4, 0.5) is 0 Å². The average molecular weight is 389 g/mol. The molecule has 0 fully saturated rings. The van der Waals surface area contributed by atoms with Gasteiger partial charge in [0.15, 0.2) is 0 Å². The highest BCUT2D eigenvalue weighted by Gasteiger charge is 2.12. The van der Waals surface area contributed by atoms with Gasteiger partial charge in [-0.15, -0.1) is 10.2 Å². The molecule has 2 heterocycles. The molecule has 0 bridgehead atoms. The Morgan fingerprint density at radius 3 is 2.69 bits per heavy atom. The van der Waals surface area contributed by atoms with E-state index >= 15 is 0 Å². The number of carbonyl (C=O) groups is 1. The molecule has 0 saturated heterocycles. The second-order valence-electron chi connectivity index (χ2n) is 6.76. The van der Waals surface area contributed by atoms with Crippen LogP contribution in [0.2, 0.25) is 0 Å². The van der Waals surface area contributed by atoms with Gasteiger partial charge in [-0.25, -0.2) is 4.98 Å². The van der Waals surface area contributed by atoms with Gasteiger partial charge in [0.1, 0.15) is 5.82 Å². The molecule has 1 N–H and O–H groups in total. The number of imidazole rings is 1. The summed E-state index contributed by atoms with van der Waals surface area (Å²) in [5, 5.41) is 11.1. The minimum atomic E-state index is -0.0116. The summed E-state index contributed by atoms with van der Waals surface area (Å²) in [7, 11) is 0. The number of aromatic nitrogens is 4. The van der Waals surface area contributed by atoms with Crippen molar-refractivity contribution in [1.82, 2.24) is 25.1 Å². The Kier molecular flexibility index (Phi) is 5.65. The first kappa shape index (κ1) is 18.9. The fourth-order valence-electron chi connectivity index (χ4n) is 3.33.